The SMILES string of the molecule is CC(=O)N1CCN(c2ccc(C(=O)Nc3ccc(Cl)c(-c4ccccn4)c3)cn2)CC1.O=C(NCC(F)(F)F)c1ccc(C(=O)Nc2ccc(Cl)c(-c3ccccn3)c2)c(Cl)c1.O=C(Nc1ccc(Cl)c(-c2ccccn2)c1)c1ccc(C(=O)N2CCNCC2)cc1Cl.O=C(Nc1ccc(Cl)c(-c2ccccn2)c1)c1ccc(NCCc2cnc[nH]2)nc1. The lowest BCUT2D eigenvalue weighted by atomic mass is 10.1. The number of hydrogen-bond donors (Lipinski definition) is 8. The van der Waals surface area contributed by atoms with Crippen molar-refractivity contribution in [2.75, 3.05) is 96.9 Å². The van der Waals surface area contributed by atoms with Crippen molar-refractivity contribution in [3.8, 4) is 45.0 Å². The van der Waals surface area contributed by atoms with E-state index in [-0.39, 0.29) is 56.3 Å². The van der Waals surface area contributed by atoms with Gasteiger partial charge in [0, 0.05) is 177 Å². The molecule has 7 amide bonds. The minimum atomic E-state index is -4.54. The summed E-state index contributed by atoms with van der Waals surface area (Å²) in [6, 6.07) is 58.1. The molecule has 2 fully saturated rings. The van der Waals surface area contributed by atoms with E-state index < -0.39 is 24.5 Å². The standard InChI is InChI=1S/C23H20Cl2N4O2.C23H22ClN5O2.C22H19ClN6O.C21H14Cl2F3N3O2/c24-19-7-5-16(14-18(19)21-3-1-2-8-27-21)28-22(30)17-6-4-15(13-20(17)25)23(31)29-11-9-26-10-12-29;1-16(30)28-10-12-29(13-11-28)22-8-5-17(15-26-22)23(31)27-18-6-7-20(24)19(14-18)21-4-2-3-9-25-21;23-19-6-5-16(11-18(19)20-3-1-2-9-25-20)29-22(30)15-4-7-21(27-12-15)26-10-8-17-13-24-14-28-17;22-16-7-5-13(10-15(16)18-3-1-2-8-27-18)29-20(31)14-6-4-12(9-17(14)23)19(30)28-11-21(24,25)26/h1-8,13-14,26H,9-12H2,(H,28,30);2-9,14-15H,10-13H2,1H3,(H,27,31);1-7,9,11-14H,8,10H2,(H,24,28)(H,26,27)(H,29,30);1-10H,11H2,(H,28,30)(H,29,31). The number of nitrogens with one attached hydrogen (secondary N) is 8. The van der Waals surface area contributed by atoms with Crippen LogP contribution in [0.15, 0.2) is 256 Å². The van der Waals surface area contributed by atoms with Crippen molar-refractivity contribution >= 4 is 145 Å². The van der Waals surface area contributed by atoms with Crippen LogP contribution in [0, 0.1) is 0 Å². The molecule has 9 heterocycles. The molecule has 2 aliphatic rings. The van der Waals surface area contributed by atoms with Gasteiger partial charge in [0.15, 0.2) is 0 Å². The van der Waals surface area contributed by atoms with E-state index in [1.165, 1.54) is 12.1 Å². The van der Waals surface area contributed by atoms with Crippen LogP contribution in [-0.4, -0.2) is 163 Å². The van der Waals surface area contributed by atoms with Gasteiger partial charge in [-0.1, -0.05) is 93.9 Å². The molecule has 8 N–H and O–H groups in total. The molecule has 2 saturated heterocycles. The first kappa shape index (κ1) is 89.1. The first-order chi connectivity index (χ1) is 59.4. The van der Waals surface area contributed by atoms with Gasteiger partial charge in [-0.3, -0.25) is 53.5 Å². The number of rotatable bonds is 20. The molecule has 0 spiro atoms. The van der Waals surface area contributed by atoms with Gasteiger partial charge in [0.25, 0.3) is 35.4 Å². The van der Waals surface area contributed by atoms with Crippen LogP contribution in [0.25, 0.3) is 45.0 Å². The molecule has 0 radical (unpaired) electrons. The number of halogens is 9. The molecule has 0 unspecified atom stereocenters. The zero-order valence-electron chi connectivity index (χ0n) is 65.3. The summed E-state index contributed by atoms with van der Waals surface area (Å²) in [4.78, 5) is 125. The highest BCUT2D eigenvalue weighted by molar-refractivity contribution is 6.37. The summed E-state index contributed by atoms with van der Waals surface area (Å²) in [5, 5.41) is 21.7. The Kier molecular flexibility index (Phi) is 31.0. The first-order valence-corrected chi connectivity index (χ1v) is 40.3. The van der Waals surface area contributed by atoms with E-state index in [9.17, 15) is 46.7 Å². The number of carbonyl (C=O) groups is 7. The molecular formula is C89H75Cl6F3N18O7. The Bertz CT molecular complexity index is 5870. The molecule has 123 heavy (non-hydrogen) atoms. The van der Waals surface area contributed by atoms with Gasteiger partial charge < -0.3 is 56.9 Å². The van der Waals surface area contributed by atoms with Crippen LogP contribution >= 0.6 is 69.6 Å². The summed E-state index contributed by atoms with van der Waals surface area (Å²) in [6.07, 6.45) is 9.52. The second kappa shape index (κ2) is 42.8. The van der Waals surface area contributed by atoms with Crippen molar-refractivity contribution in [1.29, 1.82) is 0 Å². The number of hydrogen-bond acceptors (Lipinski definition) is 17. The van der Waals surface area contributed by atoms with E-state index in [1.807, 2.05) is 65.6 Å². The maximum Gasteiger partial charge on any atom is 0.405 e. The van der Waals surface area contributed by atoms with Gasteiger partial charge in [-0.25, -0.2) is 15.0 Å². The first-order valence-electron chi connectivity index (χ1n) is 38.0. The Morgan fingerprint density at radius 2 is 0.837 bits per heavy atom. The average molecular weight is 1780 g/mol. The fourth-order valence-corrected chi connectivity index (χ4v) is 13.8. The van der Waals surface area contributed by atoms with Gasteiger partial charge in [0.05, 0.1) is 81.5 Å². The van der Waals surface area contributed by atoms with E-state index in [0.29, 0.717) is 121 Å². The summed E-state index contributed by atoms with van der Waals surface area (Å²) >= 11 is 37.6. The van der Waals surface area contributed by atoms with Crippen LogP contribution in [0.5, 0.6) is 0 Å². The Morgan fingerprint density at radius 1 is 0.415 bits per heavy atom. The molecule has 0 saturated carbocycles. The van der Waals surface area contributed by atoms with E-state index in [2.05, 4.69) is 76.7 Å². The molecule has 2 aliphatic heterocycles. The van der Waals surface area contributed by atoms with Gasteiger partial charge >= 0.3 is 6.18 Å². The Hall–Kier alpha value is -13.2. The molecule has 0 aliphatic carbocycles. The minimum absolute atomic E-state index is 0.0448. The van der Waals surface area contributed by atoms with E-state index in [1.54, 1.807) is 194 Å². The van der Waals surface area contributed by atoms with E-state index >= 15 is 0 Å². The molecule has 25 nitrogen and oxygen atoms in total. The smallest absolute Gasteiger partial charge is 0.370 e. The van der Waals surface area contributed by atoms with E-state index in [4.69, 9.17) is 69.6 Å². The topological polar surface area (TPSA) is 319 Å². The number of anilines is 6. The summed E-state index contributed by atoms with van der Waals surface area (Å²) in [5.41, 5.74) is 10.5. The molecule has 0 bridgehead atoms. The number of carbonyl (C=O) groups excluding carboxylic acids is 7. The number of aromatic amines is 1. The highest BCUT2D eigenvalue weighted by Gasteiger charge is 2.29. The van der Waals surface area contributed by atoms with Crippen LogP contribution in [0.1, 0.15) is 74.8 Å². The molecule has 7 aromatic heterocycles. The summed E-state index contributed by atoms with van der Waals surface area (Å²) in [6.45, 7) is 6.44. The van der Waals surface area contributed by atoms with Crippen LogP contribution in [0.2, 0.25) is 30.1 Å². The Balaban J connectivity index is 0.000000150. The number of aromatic nitrogens is 8. The van der Waals surface area contributed by atoms with E-state index in [0.717, 1.165) is 72.7 Å². The fraction of sp³-hybridized carbons (Fsp3) is 0.146. The number of pyridine rings is 6. The van der Waals surface area contributed by atoms with Gasteiger partial charge in [0.2, 0.25) is 5.91 Å². The van der Waals surface area contributed by atoms with Crippen LogP contribution in [-0.2, 0) is 11.2 Å². The maximum absolute atomic E-state index is 12.8. The van der Waals surface area contributed by atoms with Gasteiger partial charge in [0.1, 0.15) is 18.2 Å². The maximum atomic E-state index is 12.8. The largest absolute Gasteiger partial charge is 0.405 e. The molecule has 0 atom stereocenters. The Labute approximate surface area is 734 Å². The molecule has 34 heteroatoms. The van der Waals surface area contributed by atoms with Crippen molar-refractivity contribution < 1.29 is 46.7 Å². The second-order valence-corrected chi connectivity index (χ2v) is 29.7. The van der Waals surface area contributed by atoms with Crippen LogP contribution in [0.4, 0.5) is 47.6 Å². The van der Waals surface area contributed by atoms with Gasteiger partial charge in [-0.15, -0.1) is 0 Å². The second-order valence-electron chi connectivity index (χ2n) is 27.3. The zero-order valence-corrected chi connectivity index (χ0v) is 69.8. The predicted octanol–water partition coefficient (Wildman–Crippen LogP) is 18.1. The summed E-state index contributed by atoms with van der Waals surface area (Å²) in [5.74, 6) is -0.902. The average Bonchev–Trinajstić information content (AvgIpc) is 0.858. The van der Waals surface area contributed by atoms with Crippen LogP contribution in [0.3, 0.4) is 0 Å². The van der Waals surface area contributed by atoms with Crippen molar-refractivity contribution in [3.63, 3.8) is 0 Å². The minimum Gasteiger partial charge on any atom is -0.370 e. The molecular weight excluding hydrogens is 1700 g/mol. The number of alkyl halides is 3. The number of nitrogens with zero attached hydrogens (tertiary/aromatic N) is 10. The summed E-state index contributed by atoms with van der Waals surface area (Å²) < 4.78 is 36.7. The third kappa shape index (κ3) is 25.2. The van der Waals surface area contributed by atoms with Crippen LogP contribution < -0.4 is 42.1 Å². The fourth-order valence-electron chi connectivity index (χ4n) is 12.4. The number of imidazole rings is 1. The van der Waals surface area contributed by atoms with Crippen molar-refractivity contribution in [2.45, 2.75) is 19.5 Å². The lowest BCUT2D eigenvalue weighted by Crippen LogP contribution is -2.48. The number of amides is 7. The van der Waals surface area contributed by atoms with Crippen molar-refractivity contribution in [1.82, 2.24) is 60.3 Å². The Morgan fingerprint density at radius 3 is 1.22 bits per heavy atom. The van der Waals surface area contributed by atoms with Gasteiger partial charge in [-0.2, -0.15) is 13.2 Å². The zero-order chi connectivity index (χ0) is 86.9. The number of piperazine rings is 2. The monoisotopic (exact) mass is 1770 g/mol. The summed E-state index contributed by atoms with van der Waals surface area (Å²) in [7, 11) is 0. The van der Waals surface area contributed by atoms with Crippen molar-refractivity contribution in [3.05, 3.63) is 325 Å². The normalized spacial score (nSPS) is 12.3. The lowest BCUT2D eigenvalue weighted by Gasteiger charge is -2.34. The molecule has 15 rings (SSSR count). The molecule has 13 aromatic rings. The molecule has 626 valence electrons. The number of H-pyrrole nitrogens is 1. The number of benzene rings is 6. The lowest BCUT2D eigenvalue weighted by molar-refractivity contribution is -0.129. The third-order valence-electron chi connectivity index (χ3n) is 18.8. The van der Waals surface area contributed by atoms with Crippen molar-refractivity contribution in [2.24, 2.45) is 0 Å². The predicted molar refractivity (Wildman–Crippen MR) is 474 cm³/mol. The van der Waals surface area contributed by atoms with Gasteiger partial charge in [-0.05, 0) is 182 Å². The third-order valence-corrected chi connectivity index (χ3v) is 20.7. The quantitative estimate of drug-likeness (QED) is 0.0351. The highest BCUT2D eigenvalue weighted by Crippen LogP contribution is 2.35. The molecule has 6 aromatic carbocycles. The highest BCUT2D eigenvalue weighted by atomic mass is 35.5.